The second-order valence-corrected chi connectivity index (χ2v) is 6.39. The van der Waals surface area contributed by atoms with E-state index in [1.165, 1.54) is 0 Å². The fourth-order valence-corrected chi connectivity index (χ4v) is 3.13. The summed E-state index contributed by atoms with van der Waals surface area (Å²) in [6.45, 7) is 0.646. The number of hydrogen-bond donors (Lipinski definition) is 1. The molecular weight excluding hydrogens is 262 g/mol. The van der Waals surface area contributed by atoms with Gasteiger partial charge in [-0.15, -0.1) is 0 Å². The molecule has 1 saturated heterocycles. The first-order valence-electron chi connectivity index (χ1n) is 6.87. The van der Waals surface area contributed by atoms with Crippen molar-refractivity contribution >= 4 is 17.5 Å². The molecule has 1 N–H and O–H groups in total. The maximum Gasteiger partial charge on any atom is 0.229 e. The van der Waals surface area contributed by atoms with Gasteiger partial charge < -0.3 is 10.1 Å². The first-order chi connectivity index (χ1) is 9.16. The van der Waals surface area contributed by atoms with Crippen LogP contribution in [-0.2, 0) is 15.1 Å². The van der Waals surface area contributed by atoms with Crippen LogP contribution in [0.3, 0.4) is 0 Å². The second-order valence-electron chi connectivity index (χ2n) is 5.95. The van der Waals surface area contributed by atoms with Crippen LogP contribution in [0.25, 0.3) is 0 Å². The number of benzene rings is 1. The van der Waals surface area contributed by atoms with E-state index in [9.17, 15) is 4.79 Å². The van der Waals surface area contributed by atoms with Gasteiger partial charge in [-0.1, -0.05) is 23.7 Å². The third kappa shape index (κ3) is 1.72. The molecule has 1 aromatic carbocycles. The van der Waals surface area contributed by atoms with Crippen LogP contribution in [0.5, 0.6) is 0 Å². The van der Waals surface area contributed by atoms with Gasteiger partial charge in [0.05, 0.1) is 12.0 Å². The first-order valence-corrected chi connectivity index (χ1v) is 7.25. The van der Waals surface area contributed by atoms with Gasteiger partial charge in [-0.05, 0) is 43.4 Å². The molecule has 3 aliphatic rings. The summed E-state index contributed by atoms with van der Waals surface area (Å²) < 4.78 is 5.77. The molecule has 1 aromatic rings. The fourth-order valence-electron chi connectivity index (χ4n) is 3.00. The number of nitrogens with one attached hydrogen (secondary N) is 1. The summed E-state index contributed by atoms with van der Waals surface area (Å²) in [7, 11) is 0. The maximum atomic E-state index is 12.5. The topological polar surface area (TPSA) is 41.6 Å². The van der Waals surface area contributed by atoms with E-state index in [1.807, 2.05) is 24.3 Å². The quantitative estimate of drug-likeness (QED) is 0.860. The van der Waals surface area contributed by atoms with Gasteiger partial charge in [0.1, 0.15) is 5.60 Å². The zero-order chi connectivity index (χ0) is 13.1. The lowest BCUT2D eigenvalue weighted by Crippen LogP contribution is -2.41. The SMILES string of the molecule is O=C(NC1CC1)C1(C2(c3ccc(Cl)cc3)CO2)CC1. The second kappa shape index (κ2) is 3.74. The molecule has 2 aliphatic carbocycles. The molecule has 1 aliphatic heterocycles. The Morgan fingerprint density at radius 2 is 1.89 bits per heavy atom. The molecule has 1 atom stereocenters. The van der Waals surface area contributed by atoms with Gasteiger partial charge in [-0.25, -0.2) is 0 Å². The number of halogens is 1. The minimum Gasteiger partial charge on any atom is -0.363 e. The summed E-state index contributed by atoms with van der Waals surface area (Å²) in [4.78, 5) is 12.5. The molecule has 0 bridgehead atoms. The highest BCUT2D eigenvalue weighted by Gasteiger charge is 2.72. The summed E-state index contributed by atoms with van der Waals surface area (Å²) >= 11 is 5.93. The van der Waals surface area contributed by atoms with Crippen molar-refractivity contribution in [3.63, 3.8) is 0 Å². The number of carbonyl (C=O) groups excluding carboxylic acids is 1. The highest BCUT2D eigenvalue weighted by molar-refractivity contribution is 6.30. The van der Waals surface area contributed by atoms with E-state index in [-0.39, 0.29) is 11.3 Å². The van der Waals surface area contributed by atoms with Gasteiger partial charge >= 0.3 is 0 Å². The number of amides is 1. The van der Waals surface area contributed by atoms with Gasteiger partial charge in [-0.2, -0.15) is 0 Å². The Morgan fingerprint density at radius 3 is 2.37 bits per heavy atom. The van der Waals surface area contributed by atoms with E-state index in [2.05, 4.69) is 5.32 Å². The molecule has 0 aromatic heterocycles. The number of hydrogen-bond acceptors (Lipinski definition) is 2. The Kier molecular flexibility index (Phi) is 2.31. The molecule has 0 spiro atoms. The highest BCUT2D eigenvalue weighted by Crippen LogP contribution is 2.66. The summed E-state index contributed by atoms with van der Waals surface area (Å²) in [5.41, 5.74) is 0.361. The molecule has 4 heteroatoms. The van der Waals surface area contributed by atoms with E-state index >= 15 is 0 Å². The molecule has 19 heavy (non-hydrogen) atoms. The van der Waals surface area contributed by atoms with Crippen molar-refractivity contribution in [2.75, 3.05) is 6.61 Å². The van der Waals surface area contributed by atoms with Gasteiger partial charge in [0.25, 0.3) is 0 Å². The molecule has 0 radical (unpaired) electrons. The zero-order valence-electron chi connectivity index (χ0n) is 10.6. The van der Waals surface area contributed by atoms with E-state index in [0.29, 0.717) is 17.7 Å². The molecular formula is C15H16ClNO2. The Bertz CT molecular complexity index is 528. The average Bonchev–Trinajstić information content (AvgIpc) is 3.25. The Balaban J connectivity index is 1.63. The van der Waals surface area contributed by atoms with Gasteiger partial charge in [0.15, 0.2) is 0 Å². The van der Waals surface area contributed by atoms with Crippen LogP contribution in [-0.4, -0.2) is 18.6 Å². The summed E-state index contributed by atoms with van der Waals surface area (Å²) in [6.07, 6.45) is 4.09. The average molecular weight is 278 g/mol. The lowest BCUT2D eigenvalue weighted by Gasteiger charge is -2.23. The predicted octanol–water partition coefficient (Wildman–Crippen LogP) is 2.62. The Morgan fingerprint density at radius 1 is 1.26 bits per heavy atom. The van der Waals surface area contributed by atoms with Crippen molar-refractivity contribution in [2.24, 2.45) is 5.41 Å². The maximum absolute atomic E-state index is 12.5. The molecule has 1 unspecified atom stereocenters. The van der Waals surface area contributed by atoms with Crippen LogP contribution in [0.2, 0.25) is 5.02 Å². The summed E-state index contributed by atoms with van der Waals surface area (Å²) in [6, 6.07) is 8.12. The monoisotopic (exact) mass is 277 g/mol. The van der Waals surface area contributed by atoms with E-state index in [1.54, 1.807) is 0 Å². The van der Waals surface area contributed by atoms with Crippen LogP contribution in [0.1, 0.15) is 31.2 Å². The van der Waals surface area contributed by atoms with E-state index < -0.39 is 5.60 Å². The Hall–Kier alpha value is -1.06. The third-order valence-electron chi connectivity index (χ3n) is 4.61. The van der Waals surface area contributed by atoms with Gasteiger partial charge in [0.2, 0.25) is 5.91 Å². The first kappa shape index (κ1) is 11.7. The molecule has 1 heterocycles. The standard InChI is InChI=1S/C15H16ClNO2/c16-11-3-1-10(2-4-11)15(9-19-15)14(7-8-14)13(18)17-12-5-6-12/h1-4,12H,5-9H2,(H,17,18). The number of carbonyl (C=O) groups is 1. The van der Waals surface area contributed by atoms with Crippen molar-refractivity contribution in [3.8, 4) is 0 Å². The van der Waals surface area contributed by atoms with E-state index in [0.717, 1.165) is 31.2 Å². The van der Waals surface area contributed by atoms with Crippen LogP contribution in [0.4, 0.5) is 0 Å². The van der Waals surface area contributed by atoms with Crippen LogP contribution in [0.15, 0.2) is 24.3 Å². The number of rotatable bonds is 4. The molecule has 4 rings (SSSR count). The normalized spacial score (nSPS) is 30.8. The van der Waals surface area contributed by atoms with Crippen molar-refractivity contribution in [1.29, 1.82) is 0 Å². The van der Waals surface area contributed by atoms with Crippen LogP contribution in [0, 0.1) is 5.41 Å². The molecule has 100 valence electrons. The Labute approximate surface area is 117 Å². The number of epoxide rings is 1. The third-order valence-corrected chi connectivity index (χ3v) is 4.87. The lowest BCUT2D eigenvalue weighted by molar-refractivity contribution is -0.129. The van der Waals surface area contributed by atoms with Crippen molar-refractivity contribution in [1.82, 2.24) is 5.32 Å². The molecule has 3 nitrogen and oxygen atoms in total. The molecule has 2 saturated carbocycles. The molecule has 1 amide bonds. The van der Waals surface area contributed by atoms with Crippen molar-refractivity contribution in [2.45, 2.75) is 37.3 Å². The zero-order valence-corrected chi connectivity index (χ0v) is 11.4. The molecule has 3 fully saturated rings. The largest absolute Gasteiger partial charge is 0.363 e. The van der Waals surface area contributed by atoms with Crippen LogP contribution < -0.4 is 5.32 Å². The predicted molar refractivity (Wildman–Crippen MR) is 71.9 cm³/mol. The summed E-state index contributed by atoms with van der Waals surface area (Å²) in [5, 5.41) is 3.85. The summed E-state index contributed by atoms with van der Waals surface area (Å²) in [5.74, 6) is 0.183. The van der Waals surface area contributed by atoms with E-state index in [4.69, 9.17) is 16.3 Å². The minimum absolute atomic E-state index is 0.183. The minimum atomic E-state index is -0.392. The number of ether oxygens (including phenoxy) is 1. The highest BCUT2D eigenvalue weighted by atomic mass is 35.5. The van der Waals surface area contributed by atoms with Gasteiger partial charge in [-0.3, -0.25) is 4.79 Å². The van der Waals surface area contributed by atoms with Gasteiger partial charge in [0, 0.05) is 11.1 Å². The fraction of sp³-hybridized carbons (Fsp3) is 0.533. The van der Waals surface area contributed by atoms with Crippen molar-refractivity contribution < 1.29 is 9.53 Å². The van der Waals surface area contributed by atoms with Crippen molar-refractivity contribution in [3.05, 3.63) is 34.9 Å². The van der Waals surface area contributed by atoms with Crippen LogP contribution >= 0.6 is 11.6 Å². The lowest BCUT2D eigenvalue weighted by atomic mass is 9.82. The smallest absolute Gasteiger partial charge is 0.229 e.